The van der Waals surface area contributed by atoms with E-state index in [-0.39, 0.29) is 28.5 Å². The van der Waals surface area contributed by atoms with E-state index in [1.165, 1.54) is 19.2 Å². The van der Waals surface area contributed by atoms with Crippen LogP contribution in [0.3, 0.4) is 0 Å². The van der Waals surface area contributed by atoms with Gasteiger partial charge in [0.2, 0.25) is 0 Å². The lowest BCUT2D eigenvalue weighted by atomic mass is 10.0. The van der Waals surface area contributed by atoms with Crippen LogP contribution in [0.5, 0.6) is 11.5 Å². The number of ether oxygens (including phenoxy) is 2. The van der Waals surface area contributed by atoms with E-state index in [9.17, 15) is 18.3 Å². The molecule has 8 nitrogen and oxygen atoms in total. The van der Waals surface area contributed by atoms with Gasteiger partial charge >= 0.3 is 5.97 Å². The van der Waals surface area contributed by atoms with Crippen molar-refractivity contribution in [2.24, 2.45) is 7.05 Å². The van der Waals surface area contributed by atoms with Gasteiger partial charge in [0, 0.05) is 30.2 Å². The largest absolute Gasteiger partial charge is 0.506 e. The zero-order chi connectivity index (χ0) is 24.5. The number of sulfone groups is 1. The molecule has 3 rings (SSSR count). The number of phenols is 1. The number of esters is 1. The lowest BCUT2D eigenvalue weighted by Crippen LogP contribution is -2.15. The molecule has 2 aromatic carbocycles. The highest BCUT2D eigenvalue weighted by Crippen LogP contribution is 2.40. The lowest BCUT2D eigenvalue weighted by Gasteiger charge is -2.15. The zero-order valence-electron chi connectivity index (χ0n) is 19.2. The molecule has 0 atom stereocenters. The lowest BCUT2D eigenvalue weighted by molar-refractivity contribution is 0.0527. The second-order valence-electron chi connectivity index (χ2n) is 7.86. The van der Waals surface area contributed by atoms with Crippen LogP contribution in [0.1, 0.15) is 28.5 Å². The van der Waals surface area contributed by atoms with Gasteiger partial charge in [0.25, 0.3) is 0 Å². The van der Waals surface area contributed by atoms with Crippen molar-refractivity contribution < 1.29 is 27.8 Å². The molecule has 0 fully saturated rings. The maximum absolute atomic E-state index is 13.3. The van der Waals surface area contributed by atoms with Crippen molar-refractivity contribution in [1.29, 1.82) is 0 Å². The summed E-state index contributed by atoms with van der Waals surface area (Å²) in [6.45, 7) is 2.15. The number of aryl methyl sites for hydroxylation is 1. The minimum absolute atomic E-state index is 0.00505. The third kappa shape index (κ3) is 4.87. The molecule has 33 heavy (non-hydrogen) atoms. The molecule has 0 amide bonds. The smallest absolute Gasteiger partial charge is 0.340 e. The standard InChI is InChI=1S/C23H27BrN2O6S/c1-6-32-23(28)21-19(13-33(29,30)15-9-7-8-14(10-15)31-5)26(4)18-11-17(24)22(27)16(20(18)21)12-25(2)3/h7-11,27H,6,12-13H2,1-5H3. The maximum Gasteiger partial charge on any atom is 0.340 e. The number of carbonyl (C=O) groups is 1. The zero-order valence-corrected chi connectivity index (χ0v) is 21.6. The minimum atomic E-state index is -3.84. The Kier molecular flexibility index (Phi) is 7.40. The van der Waals surface area contributed by atoms with Crippen molar-refractivity contribution in [3.05, 3.63) is 51.6 Å². The fourth-order valence-electron chi connectivity index (χ4n) is 3.80. The highest BCUT2D eigenvalue weighted by atomic mass is 79.9. The number of phenolic OH excluding ortho intramolecular Hbond substituents is 1. The molecule has 1 aromatic heterocycles. The summed E-state index contributed by atoms with van der Waals surface area (Å²) >= 11 is 3.38. The quantitative estimate of drug-likeness (QED) is 0.434. The average Bonchev–Trinajstić information content (AvgIpc) is 3.02. The Bertz CT molecular complexity index is 1310. The van der Waals surface area contributed by atoms with Crippen molar-refractivity contribution >= 4 is 42.6 Å². The first-order chi connectivity index (χ1) is 15.5. The van der Waals surface area contributed by atoms with E-state index >= 15 is 0 Å². The molecule has 0 bridgehead atoms. The van der Waals surface area contributed by atoms with Crippen LogP contribution in [-0.2, 0) is 33.9 Å². The summed E-state index contributed by atoms with van der Waals surface area (Å²) in [7, 11) is 3.01. The number of carbonyl (C=O) groups excluding carboxylic acids is 1. The first kappa shape index (κ1) is 25.1. The molecule has 0 aliphatic heterocycles. The van der Waals surface area contributed by atoms with Crippen LogP contribution in [0.25, 0.3) is 10.9 Å². The predicted molar refractivity (Wildman–Crippen MR) is 130 cm³/mol. The normalized spacial score (nSPS) is 11.8. The summed E-state index contributed by atoms with van der Waals surface area (Å²) in [4.78, 5) is 15.0. The minimum Gasteiger partial charge on any atom is -0.506 e. The van der Waals surface area contributed by atoms with Crippen LogP contribution in [0, 0.1) is 0 Å². The molecule has 1 heterocycles. The number of aromatic hydroxyl groups is 1. The van der Waals surface area contributed by atoms with E-state index < -0.39 is 21.6 Å². The van der Waals surface area contributed by atoms with E-state index in [2.05, 4.69) is 15.9 Å². The van der Waals surface area contributed by atoms with Gasteiger partial charge in [0.05, 0.1) is 39.9 Å². The van der Waals surface area contributed by atoms with E-state index in [1.54, 1.807) is 36.7 Å². The van der Waals surface area contributed by atoms with Crippen molar-refractivity contribution in [2.75, 3.05) is 27.8 Å². The Balaban J connectivity index is 2.31. The Morgan fingerprint density at radius 1 is 1.24 bits per heavy atom. The molecule has 0 radical (unpaired) electrons. The summed E-state index contributed by atoms with van der Waals surface area (Å²) < 4.78 is 39.3. The van der Waals surface area contributed by atoms with Gasteiger partial charge in [-0.15, -0.1) is 0 Å². The van der Waals surface area contributed by atoms with Crippen molar-refractivity contribution in [1.82, 2.24) is 9.47 Å². The predicted octanol–water partition coefficient (Wildman–Crippen LogP) is 3.87. The molecule has 3 aromatic rings. The molecule has 0 spiro atoms. The van der Waals surface area contributed by atoms with Crippen LogP contribution < -0.4 is 4.74 Å². The fraction of sp³-hybridized carbons (Fsp3) is 0.348. The van der Waals surface area contributed by atoms with Crippen molar-refractivity contribution in [3.8, 4) is 11.5 Å². The van der Waals surface area contributed by atoms with Crippen molar-refractivity contribution in [3.63, 3.8) is 0 Å². The molecule has 0 aliphatic rings. The number of methoxy groups -OCH3 is 1. The molecule has 0 aliphatic carbocycles. The molecule has 10 heteroatoms. The summed E-state index contributed by atoms with van der Waals surface area (Å²) in [6, 6.07) is 7.87. The number of hydrogen-bond donors (Lipinski definition) is 1. The van der Waals surface area contributed by atoms with E-state index in [0.717, 1.165) is 0 Å². The number of fused-ring (bicyclic) bond motifs is 1. The van der Waals surface area contributed by atoms with Crippen molar-refractivity contribution in [2.45, 2.75) is 24.1 Å². The Labute approximate surface area is 201 Å². The molecular formula is C23H27BrN2O6S. The Morgan fingerprint density at radius 3 is 2.55 bits per heavy atom. The van der Waals surface area contributed by atoms with E-state index in [4.69, 9.17) is 9.47 Å². The molecule has 0 saturated heterocycles. The highest BCUT2D eigenvalue weighted by Gasteiger charge is 2.30. The number of nitrogens with zero attached hydrogens (tertiary/aromatic N) is 2. The van der Waals surface area contributed by atoms with Gasteiger partial charge in [-0.05, 0) is 61.2 Å². The summed E-state index contributed by atoms with van der Waals surface area (Å²) in [5.41, 5.74) is 1.53. The van der Waals surface area contributed by atoms with E-state index in [0.29, 0.717) is 33.2 Å². The topological polar surface area (TPSA) is 98.1 Å². The van der Waals surface area contributed by atoms with Gasteiger partial charge in [0.1, 0.15) is 11.5 Å². The number of halogens is 1. The second kappa shape index (κ2) is 9.74. The van der Waals surface area contributed by atoms with Gasteiger partial charge in [-0.25, -0.2) is 13.2 Å². The van der Waals surface area contributed by atoms with Crippen LogP contribution in [0.15, 0.2) is 39.7 Å². The second-order valence-corrected chi connectivity index (χ2v) is 10.7. The van der Waals surface area contributed by atoms with Gasteiger partial charge in [0.15, 0.2) is 9.84 Å². The fourth-order valence-corrected chi connectivity index (χ4v) is 5.70. The number of aromatic nitrogens is 1. The van der Waals surface area contributed by atoms with Crippen LogP contribution in [0.2, 0.25) is 0 Å². The van der Waals surface area contributed by atoms with Gasteiger partial charge < -0.3 is 24.0 Å². The SMILES string of the molecule is CCOC(=O)c1c(CS(=O)(=O)c2cccc(OC)c2)n(C)c2cc(Br)c(O)c(CN(C)C)c12. The average molecular weight is 539 g/mol. The third-order valence-electron chi connectivity index (χ3n) is 5.32. The summed E-state index contributed by atoms with van der Waals surface area (Å²) in [5.74, 6) is -0.657. The monoisotopic (exact) mass is 538 g/mol. The molecule has 178 valence electrons. The van der Waals surface area contributed by atoms with Crippen LogP contribution in [-0.4, -0.2) is 56.8 Å². The summed E-state index contributed by atoms with van der Waals surface area (Å²) in [6.07, 6.45) is 0. The number of rotatable bonds is 8. The Hall–Kier alpha value is -2.56. The highest BCUT2D eigenvalue weighted by molar-refractivity contribution is 9.10. The Morgan fingerprint density at radius 2 is 1.94 bits per heavy atom. The first-order valence-corrected chi connectivity index (χ1v) is 12.7. The van der Waals surface area contributed by atoms with Gasteiger partial charge in [-0.3, -0.25) is 0 Å². The van der Waals surface area contributed by atoms with E-state index in [1.807, 2.05) is 19.0 Å². The van der Waals surface area contributed by atoms with Crippen LogP contribution >= 0.6 is 15.9 Å². The molecular weight excluding hydrogens is 512 g/mol. The maximum atomic E-state index is 13.3. The summed E-state index contributed by atoms with van der Waals surface area (Å²) in [5, 5.41) is 11.3. The molecule has 0 unspecified atom stereocenters. The number of hydrogen-bond acceptors (Lipinski definition) is 7. The van der Waals surface area contributed by atoms with Gasteiger partial charge in [-0.2, -0.15) is 0 Å². The molecule has 0 saturated carbocycles. The third-order valence-corrected chi connectivity index (χ3v) is 7.55. The van der Waals surface area contributed by atoms with Crippen LogP contribution in [0.4, 0.5) is 0 Å². The van der Waals surface area contributed by atoms with Gasteiger partial charge in [-0.1, -0.05) is 6.07 Å². The number of benzene rings is 2. The first-order valence-electron chi connectivity index (χ1n) is 10.2. The molecule has 1 N–H and O–H groups in total.